The van der Waals surface area contributed by atoms with Gasteiger partial charge in [-0.2, -0.15) is 0 Å². The van der Waals surface area contributed by atoms with Gasteiger partial charge >= 0.3 is 5.97 Å². The maximum Gasteiger partial charge on any atom is 0.306 e. The number of Topliss-reactive ketones (excluding diaryl/α,β-unsaturated/α-hetero) is 1. The van der Waals surface area contributed by atoms with Gasteiger partial charge in [0.25, 0.3) is 0 Å². The van der Waals surface area contributed by atoms with Crippen LogP contribution >= 0.6 is 0 Å². The van der Waals surface area contributed by atoms with E-state index in [0.29, 0.717) is 26.4 Å². The molecule has 0 spiro atoms. The van der Waals surface area contributed by atoms with Gasteiger partial charge in [-0.25, -0.2) is 0 Å². The monoisotopic (exact) mass is 232 g/mol. The fraction of sp³-hybridized carbons (Fsp3) is 0.818. The number of hydrogen-bond donors (Lipinski definition) is 0. The van der Waals surface area contributed by atoms with Crippen molar-refractivity contribution in [3.05, 3.63) is 0 Å². The second-order valence-electron chi connectivity index (χ2n) is 3.23. The lowest BCUT2D eigenvalue weighted by atomic mass is 10.2. The quantitative estimate of drug-likeness (QED) is 0.414. The molecule has 0 aromatic heterocycles. The number of carbonyl (C=O) groups excluding carboxylic acids is 2. The van der Waals surface area contributed by atoms with E-state index in [4.69, 9.17) is 14.2 Å². The van der Waals surface area contributed by atoms with Crippen LogP contribution in [0.5, 0.6) is 0 Å². The molecule has 0 heterocycles. The van der Waals surface area contributed by atoms with Gasteiger partial charge < -0.3 is 19.0 Å². The summed E-state index contributed by atoms with van der Waals surface area (Å²) in [6, 6.07) is 0. The Labute approximate surface area is 96.1 Å². The van der Waals surface area contributed by atoms with Crippen molar-refractivity contribution in [3.8, 4) is 0 Å². The van der Waals surface area contributed by atoms with E-state index in [0.717, 1.165) is 0 Å². The number of esters is 1. The summed E-state index contributed by atoms with van der Waals surface area (Å²) in [4.78, 5) is 21.6. The standard InChI is InChI=1S/C11H20O5/c1-3-14-6-7-15-8-9-16-11(13)5-4-10(2)12/h3-9H2,1-2H3. The molecule has 0 rings (SSSR count). The van der Waals surface area contributed by atoms with Crippen LogP contribution in [0.3, 0.4) is 0 Å². The summed E-state index contributed by atoms with van der Waals surface area (Å²) in [5.74, 6) is -0.367. The third-order valence-corrected chi connectivity index (χ3v) is 1.75. The maximum atomic E-state index is 11.0. The first-order valence-corrected chi connectivity index (χ1v) is 5.47. The molecule has 0 atom stereocenters. The zero-order valence-corrected chi connectivity index (χ0v) is 9.99. The average Bonchev–Trinajstić information content (AvgIpc) is 2.25. The summed E-state index contributed by atoms with van der Waals surface area (Å²) < 4.78 is 15.0. The zero-order valence-electron chi connectivity index (χ0n) is 9.99. The molecule has 0 N–H and O–H groups in total. The van der Waals surface area contributed by atoms with Crippen LogP contribution in [0.15, 0.2) is 0 Å². The van der Waals surface area contributed by atoms with Gasteiger partial charge in [-0.3, -0.25) is 4.79 Å². The van der Waals surface area contributed by atoms with Crippen LogP contribution in [0.1, 0.15) is 26.7 Å². The Morgan fingerprint density at radius 2 is 1.56 bits per heavy atom. The summed E-state index contributed by atoms with van der Waals surface area (Å²) in [5, 5.41) is 0. The van der Waals surface area contributed by atoms with Crippen molar-refractivity contribution < 1.29 is 23.8 Å². The molecule has 5 heteroatoms. The molecule has 0 aromatic carbocycles. The van der Waals surface area contributed by atoms with Crippen LogP contribution in [0, 0.1) is 0 Å². The smallest absolute Gasteiger partial charge is 0.306 e. The summed E-state index contributed by atoms with van der Waals surface area (Å²) in [6.45, 7) is 5.67. The van der Waals surface area contributed by atoms with Crippen LogP contribution in [-0.4, -0.2) is 44.8 Å². The van der Waals surface area contributed by atoms with Crippen LogP contribution in [0.25, 0.3) is 0 Å². The van der Waals surface area contributed by atoms with E-state index in [1.54, 1.807) is 0 Å². The number of rotatable bonds is 10. The summed E-state index contributed by atoms with van der Waals surface area (Å²) in [5.41, 5.74) is 0. The van der Waals surface area contributed by atoms with E-state index in [1.807, 2.05) is 6.92 Å². The minimum Gasteiger partial charge on any atom is -0.463 e. The first-order valence-electron chi connectivity index (χ1n) is 5.47. The van der Waals surface area contributed by atoms with Gasteiger partial charge in [0.2, 0.25) is 0 Å². The summed E-state index contributed by atoms with van der Waals surface area (Å²) in [7, 11) is 0. The Morgan fingerprint density at radius 3 is 2.19 bits per heavy atom. The molecule has 0 aliphatic rings. The van der Waals surface area contributed by atoms with Gasteiger partial charge in [-0.05, 0) is 13.8 Å². The van der Waals surface area contributed by atoms with E-state index in [9.17, 15) is 9.59 Å². The van der Waals surface area contributed by atoms with Gasteiger partial charge in [-0.15, -0.1) is 0 Å². The van der Waals surface area contributed by atoms with E-state index >= 15 is 0 Å². The van der Waals surface area contributed by atoms with Crippen molar-refractivity contribution >= 4 is 11.8 Å². The molecular formula is C11H20O5. The van der Waals surface area contributed by atoms with Crippen LogP contribution in [-0.2, 0) is 23.8 Å². The van der Waals surface area contributed by atoms with E-state index < -0.39 is 0 Å². The van der Waals surface area contributed by atoms with E-state index in [1.165, 1.54) is 6.92 Å². The molecule has 0 radical (unpaired) electrons. The number of ether oxygens (including phenoxy) is 3. The molecule has 0 amide bonds. The first-order chi connectivity index (χ1) is 7.66. The van der Waals surface area contributed by atoms with Crippen molar-refractivity contribution in [3.63, 3.8) is 0 Å². The highest BCUT2D eigenvalue weighted by atomic mass is 16.6. The second-order valence-corrected chi connectivity index (χ2v) is 3.23. The Hall–Kier alpha value is -0.940. The first kappa shape index (κ1) is 15.1. The minimum atomic E-state index is -0.358. The number of carbonyl (C=O) groups is 2. The molecule has 5 nitrogen and oxygen atoms in total. The Balaban J connectivity index is 3.18. The van der Waals surface area contributed by atoms with Crippen molar-refractivity contribution in [2.75, 3.05) is 33.0 Å². The average molecular weight is 232 g/mol. The number of ketones is 1. The van der Waals surface area contributed by atoms with E-state index in [-0.39, 0.29) is 31.2 Å². The topological polar surface area (TPSA) is 61.8 Å². The van der Waals surface area contributed by atoms with Gasteiger partial charge in [0.05, 0.1) is 26.2 Å². The molecule has 0 fully saturated rings. The summed E-state index contributed by atoms with van der Waals surface area (Å²) >= 11 is 0. The van der Waals surface area contributed by atoms with Gasteiger partial charge in [0.1, 0.15) is 12.4 Å². The molecule has 94 valence electrons. The van der Waals surface area contributed by atoms with E-state index in [2.05, 4.69) is 0 Å². The van der Waals surface area contributed by atoms with Crippen LogP contribution in [0.2, 0.25) is 0 Å². The van der Waals surface area contributed by atoms with Gasteiger partial charge in [0.15, 0.2) is 0 Å². The predicted molar refractivity (Wildman–Crippen MR) is 58.2 cm³/mol. The highest BCUT2D eigenvalue weighted by Gasteiger charge is 2.04. The molecule has 0 saturated heterocycles. The molecule has 0 unspecified atom stereocenters. The predicted octanol–water partition coefficient (Wildman–Crippen LogP) is 0.952. The summed E-state index contributed by atoms with van der Waals surface area (Å²) in [6.07, 6.45) is 0.387. The van der Waals surface area contributed by atoms with Gasteiger partial charge in [0, 0.05) is 13.0 Å². The lowest BCUT2D eigenvalue weighted by molar-refractivity contribution is -0.146. The molecular weight excluding hydrogens is 212 g/mol. The van der Waals surface area contributed by atoms with Crippen LogP contribution < -0.4 is 0 Å². The second kappa shape index (κ2) is 10.6. The Morgan fingerprint density at radius 1 is 0.938 bits per heavy atom. The molecule has 0 aliphatic carbocycles. The maximum absolute atomic E-state index is 11.0. The number of hydrogen-bond acceptors (Lipinski definition) is 5. The van der Waals surface area contributed by atoms with Crippen molar-refractivity contribution in [1.82, 2.24) is 0 Å². The third kappa shape index (κ3) is 11.1. The lowest BCUT2D eigenvalue weighted by Gasteiger charge is -2.05. The van der Waals surface area contributed by atoms with Crippen LogP contribution in [0.4, 0.5) is 0 Å². The largest absolute Gasteiger partial charge is 0.463 e. The normalized spacial score (nSPS) is 10.1. The van der Waals surface area contributed by atoms with Crippen molar-refractivity contribution in [2.45, 2.75) is 26.7 Å². The SMILES string of the molecule is CCOCCOCCOC(=O)CCC(C)=O. The third-order valence-electron chi connectivity index (χ3n) is 1.75. The molecule has 0 saturated carbocycles. The molecule has 16 heavy (non-hydrogen) atoms. The Bertz CT molecular complexity index is 203. The minimum absolute atomic E-state index is 0.00934. The molecule has 0 bridgehead atoms. The lowest BCUT2D eigenvalue weighted by Crippen LogP contribution is -2.13. The van der Waals surface area contributed by atoms with Crippen molar-refractivity contribution in [1.29, 1.82) is 0 Å². The van der Waals surface area contributed by atoms with Crippen molar-refractivity contribution in [2.24, 2.45) is 0 Å². The molecule has 0 aromatic rings. The van der Waals surface area contributed by atoms with Gasteiger partial charge in [-0.1, -0.05) is 0 Å². The Kier molecular flexibility index (Phi) is 9.95. The fourth-order valence-corrected chi connectivity index (χ4v) is 0.929. The highest BCUT2D eigenvalue weighted by Crippen LogP contribution is 1.93. The zero-order chi connectivity index (χ0) is 12.2. The fourth-order valence-electron chi connectivity index (χ4n) is 0.929. The molecule has 0 aliphatic heterocycles. The highest BCUT2D eigenvalue weighted by molar-refractivity contribution is 5.80.